The van der Waals surface area contributed by atoms with Crippen molar-refractivity contribution in [2.45, 2.75) is 19.2 Å². The van der Waals surface area contributed by atoms with Gasteiger partial charge in [0.2, 0.25) is 5.89 Å². The van der Waals surface area contributed by atoms with Gasteiger partial charge in [0, 0.05) is 24.2 Å². The molecule has 2 aromatic rings. The molecule has 0 spiro atoms. The number of β-amino-alcohol motifs (C(OH)–C–C–N with tert-alkyl or cyclic N) is 1. The van der Waals surface area contributed by atoms with Crippen molar-refractivity contribution in [1.82, 2.24) is 9.88 Å². The van der Waals surface area contributed by atoms with E-state index in [0.29, 0.717) is 30.2 Å². The average Bonchev–Trinajstić information content (AvgIpc) is 3.02. The third-order valence-electron chi connectivity index (χ3n) is 3.99. The monoisotopic (exact) mass is 334 g/mol. The van der Waals surface area contributed by atoms with Crippen molar-refractivity contribution in [3.8, 4) is 11.5 Å². The summed E-state index contributed by atoms with van der Waals surface area (Å²) in [5.41, 5.74) is 1.41. The van der Waals surface area contributed by atoms with E-state index in [1.165, 1.54) is 0 Å². The molecule has 1 atom stereocenters. The molecule has 0 saturated heterocycles. The highest BCUT2D eigenvalue weighted by molar-refractivity contribution is 5.84. The second-order valence-electron chi connectivity index (χ2n) is 5.48. The molecule has 2 N–H and O–H groups in total. The number of hydrogen-bond donors (Lipinski definition) is 2. The molecule has 0 amide bonds. The second-order valence-corrected chi connectivity index (χ2v) is 5.48. The van der Waals surface area contributed by atoms with Crippen LogP contribution >= 0.6 is 0 Å². The highest BCUT2D eigenvalue weighted by Gasteiger charge is 2.30. The maximum Gasteiger partial charge on any atom is 0.357 e. The number of ether oxygens (including phenoxy) is 2. The molecule has 2 heterocycles. The van der Waals surface area contributed by atoms with Crippen LogP contribution in [0.1, 0.15) is 33.6 Å². The summed E-state index contributed by atoms with van der Waals surface area (Å²) < 4.78 is 15.9. The van der Waals surface area contributed by atoms with E-state index in [1.54, 1.807) is 26.4 Å². The number of aliphatic hydroxyl groups excluding tert-OH is 1. The second kappa shape index (κ2) is 6.50. The summed E-state index contributed by atoms with van der Waals surface area (Å²) in [7, 11) is 3.13. The van der Waals surface area contributed by atoms with Crippen LogP contribution in [0.4, 0.5) is 0 Å². The fourth-order valence-corrected chi connectivity index (χ4v) is 2.94. The molecule has 1 aromatic carbocycles. The number of carboxylic acid groups (broad SMARTS) is 1. The van der Waals surface area contributed by atoms with Crippen LogP contribution in [-0.2, 0) is 13.1 Å². The van der Waals surface area contributed by atoms with Gasteiger partial charge in [-0.15, -0.1) is 0 Å². The lowest BCUT2D eigenvalue weighted by atomic mass is 9.95. The Morgan fingerprint density at radius 2 is 2.08 bits per heavy atom. The number of carbonyl (C=O) groups is 1. The number of rotatable bonds is 5. The zero-order chi connectivity index (χ0) is 17.3. The van der Waals surface area contributed by atoms with Crippen LogP contribution in [0.15, 0.2) is 22.8 Å². The number of aliphatic hydroxyl groups is 1. The van der Waals surface area contributed by atoms with Crippen LogP contribution < -0.4 is 9.47 Å². The van der Waals surface area contributed by atoms with Crippen molar-refractivity contribution in [3.63, 3.8) is 0 Å². The van der Waals surface area contributed by atoms with Crippen LogP contribution in [0.5, 0.6) is 11.5 Å². The minimum absolute atomic E-state index is 0.137. The number of aromatic carboxylic acids is 1. The van der Waals surface area contributed by atoms with Gasteiger partial charge in [0.05, 0.1) is 26.9 Å². The molecule has 1 aliphatic heterocycles. The van der Waals surface area contributed by atoms with E-state index in [0.717, 1.165) is 11.8 Å². The first-order valence-corrected chi connectivity index (χ1v) is 7.35. The first kappa shape index (κ1) is 16.3. The number of nitrogens with zero attached hydrogens (tertiary/aromatic N) is 2. The fourth-order valence-electron chi connectivity index (χ4n) is 2.94. The van der Waals surface area contributed by atoms with Crippen LogP contribution in [0, 0.1) is 0 Å². The summed E-state index contributed by atoms with van der Waals surface area (Å²) >= 11 is 0. The Morgan fingerprint density at radius 3 is 2.71 bits per heavy atom. The Labute approximate surface area is 138 Å². The third-order valence-corrected chi connectivity index (χ3v) is 3.99. The number of oxazole rings is 1. The number of hydrogen-bond acceptors (Lipinski definition) is 7. The molecule has 0 saturated carbocycles. The quantitative estimate of drug-likeness (QED) is 0.846. The Hall–Kier alpha value is -2.58. The zero-order valence-electron chi connectivity index (χ0n) is 13.4. The van der Waals surface area contributed by atoms with Gasteiger partial charge in [-0.05, 0) is 12.1 Å². The van der Waals surface area contributed by atoms with E-state index in [1.807, 2.05) is 4.90 Å². The Bertz CT molecular complexity index is 757. The van der Waals surface area contributed by atoms with Gasteiger partial charge in [-0.1, -0.05) is 0 Å². The lowest BCUT2D eigenvalue weighted by Gasteiger charge is -2.33. The molecule has 0 bridgehead atoms. The van der Waals surface area contributed by atoms with Crippen molar-refractivity contribution in [3.05, 3.63) is 41.1 Å². The van der Waals surface area contributed by atoms with E-state index in [4.69, 9.17) is 19.0 Å². The van der Waals surface area contributed by atoms with Crippen LogP contribution in [0.2, 0.25) is 0 Å². The molecule has 1 aromatic heterocycles. The molecule has 1 unspecified atom stereocenters. The summed E-state index contributed by atoms with van der Waals surface area (Å²) in [6.07, 6.45) is 0.350. The first-order valence-electron chi connectivity index (χ1n) is 7.35. The highest BCUT2D eigenvalue weighted by atomic mass is 16.5. The maximum absolute atomic E-state index is 10.9. The van der Waals surface area contributed by atoms with Gasteiger partial charge in [0.15, 0.2) is 5.69 Å². The standard InChI is InChI=1S/C16H18N2O6/c1-22-12-3-4-13(23-2)15-9(12)5-18(6-11(15)19)7-14-17-10(8-24-14)16(20)21/h3-4,8,11,19H,5-7H2,1-2H3,(H,20,21). The highest BCUT2D eigenvalue weighted by Crippen LogP contribution is 2.39. The van der Waals surface area contributed by atoms with E-state index in [9.17, 15) is 9.90 Å². The van der Waals surface area contributed by atoms with Crippen molar-refractivity contribution in [2.75, 3.05) is 20.8 Å². The number of fused-ring (bicyclic) bond motifs is 1. The summed E-state index contributed by atoms with van der Waals surface area (Å²) in [4.78, 5) is 16.7. The third kappa shape index (κ3) is 2.93. The maximum atomic E-state index is 10.9. The Kier molecular flexibility index (Phi) is 4.41. The van der Waals surface area contributed by atoms with Crippen LogP contribution in [0.3, 0.4) is 0 Å². The van der Waals surface area contributed by atoms with Crippen molar-refractivity contribution >= 4 is 5.97 Å². The van der Waals surface area contributed by atoms with Crippen LogP contribution in [-0.4, -0.2) is 46.8 Å². The smallest absolute Gasteiger partial charge is 0.357 e. The molecular formula is C16H18N2O6. The van der Waals surface area contributed by atoms with Gasteiger partial charge in [0.25, 0.3) is 0 Å². The molecular weight excluding hydrogens is 316 g/mol. The molecule has 8 heteroatoms. The minimum Gasteiger partial charge on any atom is -0.496 e. The van der Waals surface area contributed by atoms with E-state index >= 15 is 0 Å². The van der Waals surface area contributed by atoms with Crippen molar-refractivity contribution < 1.29 is 28.9 Å². The summed E-state index contributed by atoms with van der Waals surface area (Å²) in [5, 5.41) is 19.4. The van der Waals surface area contributed by atoms with E-state index < -0.39 is 12.1 Å². The number of benzene rings is 1. The van der Waals surface area contributed by atoms with Crippen LogP contribution in [0.25, 0.3) is 0 Å². The van der Waals surface area contributed by atoms with Gasteiger partial charge in [-0.25, -0.2) is 9.78 Å². The number of carboxylic acids is 1. The molecule has 3 rings (SSSR count). The number of methoxy groups -OCH3 is 2. The lowest BCUT2D eigenvalue weighted by Crippen LogP contribution is -2.33. The van der Waals surface area contributed by atoms with Gasteiger partial charge in [0.1, 0.15) is 17.8 Å². The van der Waals surface area contributed by atoms with Crippen molar-refractivity contribution in [1.29, 1.82) is 0 Å². The molecule has 24 heavy (non-hydrogen) atoms. The van der Waals surface area contributed by atoms with Gasteiger partial charge in [-0.2, -0.15) is 0 Å². The predicted molar refractivity (Wildman–Crippen MR) is 82.1 cm³/mol. The van der Waals surface area contributed by atoms with E-state index in [-0.39, 0.29) is 18.1 Å². The average molecular weight is 334 g/mol. The summed E-state index contributed by atoms with van der Waals surface area (Å²) in [6.45, 7) is 1.13. The molecule has 1 aliphatic rings. The SMILES string of the molecule is COc1ccc(OC)c2c1CN(Cc1nc(C(=O)O)co1)CC2O. The molecule has 128 valence electrons. The zero-order valence-corrected chi connectivity index (χ0v) is 13.4. The minimum atomic E-state index is -1.14. The summed E-state index contributed by atoms with van der Waals surface area (Å²) in [6, 6.07) is 3.56. The molecule has 0 aliphatic carbocycles. The predicted octanol–water partition coefficient (Wildman–Crippen LogP) is 1.44. The fraction of sp³-hybridized carbons (Fsp3) is 0.375. The van der Waals surface area contributed by atoms with Gasteiger partial charge in [-0.3, -0.25) is 4.90 Å². The van der Waals surface area contributed by atoms with Gasteiger partial charge < -0.3 is 24.1 Å². The first-order chi connectivity index (χ1) is 11.5. The molecule has 0 fully saturated rings. The Balaban J connectivity index is 1.86. The lowest BCUT2D eigenvalue weighted by molar-refractivity contribution is 0.0689. The molecule has 0 radical (unpaired) electrons. The normalized spacial score (nSPS) is 17.4. The van der Waals surface area contributed by atoms with Gasteiger partial charge >= 0.3 is 5.97 Å². The topological polar surface area (TPSA) is 105 Å². The van der Waals surface area contributed by atoms with E-state index in [2.05, 4.69) is 4.98 Å². The largest absolute Gasteiger partial charge is 0.496 e. The Morgan fingerprint density at radius 1 is 1.38 bits per heavy atom. The number of aromatic nitrogens is 1. The van der Waals surface area contributed by atoms with Crippen molar-refractivity contribution in [2.24, 2.45) is 0 Å². The molecule has 8 nitrogen and oxygen atoms in total. The summed E-state index contributed by atoms with van der Waals surface area (Å²) in [5.74, 6) is 0.417.